The summed E-state index contributed by atoms with van der Waals surface area (Å²) in [5, 5.41) is 11.7. The van der Waals surface area contributed by atoms with Gasteiger partial charge < -0.3 is 15.2 Å². The lowest BCUT2D eigenvalue weighted by Crippen LogP contribution is -2.22. The lowest BCUT2D eigenvalue weighted by molar-refractivity contribution is -0.118. The molecule has 1 amide bonds. The molecule has 0 unspecified atom stereocenters. The highest BCUT2D eigenvalue weighted by Gasteiger charge is 2.26. The molecule has 0 bridgehead atoms. The molecule has 0 aliphatic heterocycles. The molecule has 0 aromatic heterocycles. The fourth-order valence-electron chi connectivity index (χ4n) is 3.67. The molecule has 0 spiro atoms. The minimum atomic E-state index is -1.42. The summed E-state index contributed by atoms with van der Waals surface area (Å²) in [6.07, 6.45) is 1.89. The van der Waals surface area contributed by atoms with Crippen molar-refractivity contribution in [1.82, 2.24) is 0 Å². The van der Waals surface area contributed by atoms with Gasteiger partial charge in [0.15, 0.2) is 12.4 Å². The molecule has 0 heterocycles. The molecule has 35 heavy (non-hydrogen) atoms. The van der Waals surface area contributed by atoms with Crippen LogP contribution in [0.1, 0.15) is 56.2 Å². The number of ether oxygens (including phenoxy) is 1. The number of halogens is 3. The first-order valence-electron chi connectivity index (χ1n) is 10.7. The summed E-state index contributed by atoms with van der Waals surface area (Å²) in [6.45, 7) is 0.809. The van der Waals surface area contributed by atoms with Gasteiger partial charge in [-0.05, 0) is 79.8 Å². The molecule has 2 N–H and O–H groups in total. The standard InChI is InChI=1S/C26H20ClF2NO5/c1-13-21(6-5-19(24(13)29)26(33)34)30-23(31)12-35-22-7-4-17(27)11-20(22)25(32)16-8-15(14-2-3-14)9-18(28)10-16/h4-11,14H,2-3,12H2,1H3,(H,30,31)(H,33,34). The van der Waals surface area contributed by atoms with Crippen LogP contribution in [0.5, 0.6) is 5.75 Å². The third kappa shape index (κ3) is 5.49. The van der Waals surface area contributed by atoms with Gasteiger partial charge in [-0.15, -0.1) is 0 Å². The Morgan fingerprint density at radius 2 is 1.80 bits per heavy atom. The smallest absolute Gasteiger partial charge is 0.338 e. The number of rotatable bonds is 8. The first-order chi connectivity index (χ1) is 16.6. The first-order valence-corrected chi connectivity index (χ1v) is 11.1. The maximum atomic E-state index is 14.2. The quantitative estimate of drug-likeness (QED) is 0.385. The van der Waals surface area contributed by atoms with Crippen LogP contribution in [-0.2, 0) is 4.79 Å². The molecule has 6 nitrogen and oxygen atoms in total. The van der Waals surface area contributed by atoms with E-state index in [1.807, 2.05) is 0 Å². The lowest BCUT2D eigenvalue weighted by atomic mass is 9.99. The number of anilines is 1. The fraction of sp³-hybridized carbons (Fsp3) is 0.192. The van der Waals surface area contributed by atoms with Crippen LogP contribution in [-0.4, -0.2) is 29.4 Å². The van der Waals surface area contributed by atoms with E-state index < -0.39 is 41.5 Å². The zero-order chi connectivity index (χ0) is 25.3. The van der Waals surface area contributed by atoms with E-state index in [9.17, 15) is 23.2 Å². The Labute approximate surface area is 204 Å². The second-order valence-corrected chi connectivity index (χ2v) is 8.70. The Morgan fingerprint density at radius 3 is 2.49 bits per heavy atom. The van der Waals surface area contributed by atoms with Gasteiger partial charge in [0, 0.05) is 21.8 Å². The fourth-order valence-corrected chi connectivity index (χ4v) is 3.84. The third-order valence-electron chi connectivity index (χ3n) is 5.67. The zero-order valence-electron chi connectivity index (χ0n) is 18.5. The Hall–Kier alpha value is -3.78. The number of hydrogen-bond acceptors (Lipinski definition) is 4. The van der Waals surface area contributed by atoms with Crippen molar-refractivity contribution in [1.29, 1.82) is 0 Å². The number of nitrogens with one attached hydrogen (secondary N) is 1. The van der Waals surface area contributed by atoms with Crippen LogP contribution in [0.25, 0.3) is 0 Å². The van der Waals surface area contributed by atoms with Crippen LogP contribution in [0.3, 0.4) is 0 Å². The summed E-state index contributed by atoms with van der Waals surface area (Å²) in [5.74, 6) is -3.75. The van der Waals surface area contributed by atoms with Gasteiger partial charge in [-0.2, -0.15) is 0 Å². The molecule has 0 saturated heterocycles. The third-order valence-corrected chi connectivity index (χ3v) is 5.90. The number of carboxylic acids is 1. The Morgan fingerprint density at radius 1 is 1.06 bits per heavy atom. The summed E-state index contributed by atoms with van der Waals surface area (Å²) in [7, 11) is 0. The minimum absolute atomic E-state index is 0.0434. The molecule has 1 fully saturated rings. The lowest BCUT2D eigenvalue weighted by Gasteiger charge is -2.14. The summed E-state index contributed by atoms with van der Waals surface area (Å²) < 4.78 is 33.9. The number of amides is 1. The van der Waals surface area contributed by atoms with Crippen LogP contribution >= 0.6 is 11.6 Å². The van der Waals surface area contributed by atoms with E-state index in [0.717, 1.165) is 30.5 Å². The topological polar surface area (TPSA) is 92.7 Å². The van der Waals surface area contributed by atoms with Crippen LogP contribution in [0, 0.1) is 18.6 Å². The molecule has 3 aromatic rings. The molecular formula is C26H20ClF2NO5. The van der Waals surface area contributed by atoms with Crippen molar-refractivity contribution in [3.05, 3.63) is 93.0 Å². The number of carboxylic acid groups (broad SMARTS) is 1. The highest BCUT2D eigenvalue weighted by atomic mass is 35.5. The van der Waals surface area contributed by atoms with Gasteiger partial charge in [0.25, 0.3) is 5.91 Å². The van der Waals surface area contributed by atoms with Crippen molar-refractivity contribution >= 4 is 34.9 Å². The van der Waals surface area contributed by atoms with Crippen LogP contribution in [0.15, 0.2) is 48.5 Å². The number of carbonyl (C=O) groups is 3. The summed E-state index contributed by atoms with van der Waals surface area (Å²) in [4.78, 5) is 36.6. The summed E-state index contributed by atoms with van der Waals surface area (Å²) in [5.41, 5.74) is 0.495. The van der Waals surface area contributed by atoms with Gasteiger partial charge in [0.2, 0.25) is 0 Å². The number of benzene rings is 3. The molecule has 3 aromatic carbocycles. The number of ketones is 1. The van der Waals surface area contributed by atoms with Crippen LogP contribution in [0.2, 0.25) is 5.02 Å². The molecular weight excluding hydrogens is 480 g/mol. The molecule has 180 valence electrons. The van der Waals surface area contributed by atoms with E-state index in [0.29, 0.717) is 0 Å². The normalized spacial score (nSPS) is 12.8. The Balaban J connectivity index is 1.51. The second-order valence-electron chi connectivity index (χ2n) is 8.26. The van der Waals surface area contributed by atoms with E-state index in [-0.39, 0.29) is 39.1 Å². The average Bonchev–Trinajstić information content (AvgIpc) is 3.66. The van der Waals surface area contributed by atoms with Crippen LogP contribution < -0.4 is 10.1 Å². The molecule has 1 aliphatic carbocycles. The van der Waals surface area contributed by atoms with Crippen molar-refractivity contribution in [3.63, 3.8) is 0 Å². The predicted molar refractivity (Wildman–Crippen MR) is 125 cm³/mol. The van der Waals surface area contributed by atoms with E-state index >= 15 is 0 Å². The van der Waals surface area contributed by atoms with Crippen molar-refractivity contribution in [2.24, 2.45) is 0 Å². The average molecular weight is 500 g/mol. The van der Waals surface area contributed by atoms with E-state index in [1.54, 1.807) is 6.07 Å². The van der Waals surface area contributed by atoms with Gasteiger partial charge in [-0.25, -0.2) is 13.6 Å². The minimum Gasteiger partial charge on any atom is -0.483 e. The molecule has 9 heteroatoms. The summed E-state index contributed by atoms with van der Waals surface area (Å²) >= 11 is 6.07. The van der Waals surface area contributed by atoms with Crippen molar-refractivity contribution in [2.75, 3.05) is 11.9 Å². The van der Waals surface area contributed by atoms with E-state index in [1.165, 1.54) is 37.3 Å². The first kappa shape index (κ1) is 24.3. The Kier molecular flexibility index (Phi) is 6.84. The van der Waals surface area contributed by atoms with Gasteiger partial charge in [-0.3, -0.25) is 9.59 Å². The Bertz CT molecular complexity index is 1350. The number of aromatic carboxylic acids is 1. The van der Waals surface area contributed by atoms with Gasteiger partial charge in [-0.1, -0.05) is 11.6 Å². The zero-order valence-corrected chi connectivity index (χ0v) is 19.3. The highest BCUT2D eigenvalue weighted by Crippen LogP contribution is 2.41. The van der Waals surface area contributed by atoms with Crippen molar-refractivity contribution in [2.45, 2.75) is 25.7 Å². The second kappa shape index (κ2) is 9.84. The summed E-state index contributed by atoms with van der Waals surface area (Å²) in [6, 6.07) is 10.8. The molecule has 0 atom stereocenters. The van der Waals surface area contributed by atoms with E-state index in [4.69, 9.17) is 21.4 Å². The van der Waals surface area contributed by atoms with Crippen molar-refractivity contribution in [3.8, 4) is 5.75 Å². The molecule has 0 radical (unpaired) electrons. The largest absolute Gasteiger partial charge is 0.483 e. The monoisotopic (exact) mass is 499 g/mol. The maximum Gasteiger partial charge on any atom is 0.338 e. The SMILES string of the molecule is Cc1c(NC(=O)COc2ccc(Cl)cc2C(=O)c2cc(F)cc(C3CC3)c2)ccc(C(=O)O)c1F. The van der Waals surface area contributed by atoms with Crippen LogP contribution in [0.4, 0.5) is 14.5 Å². The van der Waals surface area contributed by atoms with Crippen molar-refractivity contribution < 1.29 is 33.0 Å². The predicted octanol–water partition coefficient (Wildman–Crippen LogP) is 5.75. The highest BCUT2D eigenvalue weighted by molar-refractivity contribution is 6.31. The van der Waals surface area contributed by atoms with Gasteiger partial charge >= 0.3 is 5.97 Å². The van der Waals surface area contributed by atoms with Gasteiger partial charge in [0.05, 0.1) is 11.1 Å². The van der Waals surface area contributed by atoms with Gasteiger partial charge in [0.1, 0.15) is 17.4 Å². The molecule has 1 aliphatic rings. The number of hydrogen-bond donors (Lipinski definition) is 2. The molecule has 4 rings (SSSR count). The number of carbonyl (C=O) groups excluding carboxylic acids is 2. The maximum absolute atomic E-state index is 14.2. The molecule has 1 saturated carbocycles. The van der Waals surface area contributed by atoms with E-state index in [2.05, 4.69) is 5.32 Å².